The number of nitrogens with one attached hydrogen (secondary N) is 2. The van der Waals surface area contributed by atoms with Crippen LogP contribution in [0.25, 0.3) is 10.9 Å². The Morgan fingerprint density at radius 1 is 1.24 bits per heavy atom. The largest absolute Gasteiger partial charge is 0.497 e. The number of aromatic nitrogens is 2. The van der Waals surface area contributed by atoms with Gasteiger partial charge in [-0.1, -0.05) is 30.3 Å². The summed E-state index contributed by atoms with van der Waals surface area (Å²) in [5.41, 5.74) is 2.78. The maximum absolute atomic E-state index is 12.5. The van der Waals surface area contributed by atoms with Gasteiger partial charge in [-0.15, -0.1) is 0 Å². The summed E-state index contributed by atoms with van der Waals surface area (Å²) < 4.78 is 5.17. The number of aromatic amines is 1. The van der Waals surface area contributed by atoms with Gasteiger partial charge in [-0.3, -0.25) is 14.7 Å². The Labute approximate surface area is 169 Å². The molecule has 2 amide bonds. The fraction of sp³-hybridized carbons (Fsp3) is 0.318. The molecule has 2 heterocycles. The molecule has 1 aromatic heterocycles. The predicted octanol–water partition coefficient (Wildman–Crippen LogP) is 2.07. The molecule has 3 aromatic rings. The van der Waals surface area contributed by atoms with E-state index in [4.69, 9.17) is 4.74 Å². The Morgan fingerprint density at radius 2 is 2.03 bits per heavy atom. The number of amides is 2. The lowest BCUT2D eigenvalue weighted by molar-refractivity contribution is -0.127. The van der Waals surface area contributed by atoms with Gasteiger partial charge in [0.05, 0.1) is 30.8 Å². The Kier molecular flexibility index (Phi) is 5.46. The lowest BCUT2D eigenvalue weighted by Gasteiger charge is -2.17. The van der Waals surface area contributed by atoms with Gasteiger partial charge in [0.1, 0.15) is 5.75 Å². The number of nitrogens with zero attached hydrogens (tertiary/aromatic N) is 2. The van der Waals surface area contributed by atoms with Crippen molar-refractivity contribution in [3.05, 3.63) is 59.8 Å². The number of benzene rings is 2. The minimum atomic E-state index is -0.153. The second kappa shape index (κ2) is 8.34. The molecule has 1 saturated heterocycles. The summed E-state index contributed by atoms with van der Waals surface area (Å²) in [4.78, 5) is 26.6. The summed E-state index contributed by atoms with van der Waals surface area (Å²) >= 11 is 0. The maximum Gasteiger partial charge on any atom is 0.226 e. The van der Waals surface area contributed by atoms with Crippen LogP contribution in [0.3, 0.4) is 0 Å². The average molecular weight is 392 g/mol. The molecule has 1 fully saturated rings. The van der Waals surface area contributed by atoms with E-state index in [0.29, 0.717) is 19.5 Å². The number of hydrogen-bond acceptors (Lipinski definition) is 4. The van der Waals surface area contributed by atoms with Gasteiger partial charge in [0.2, 0.25) is 11.8 Å². The number of ether oxygens (including phenoxy) is 1. The number of H-pyrrole nitrogens is 1. The highest BCUT2D eigenvalue weighted by molar-refractivity contribution is 5.88. The first kappa shape index (κ1) is 19.0. The van der Waals surface area contributed by atoms with Gasteiger partial charge in [-0.2, -0.15) is 5.10 Å². The lowest BCUT2D eigenvalue weighted by atomic mass is 10.1. The molecule has 0 spiro atoms. The fourth-order valence-electron chi connectivity index (χ4n) is 3.73. The number of likely N-dealkylation sites (tertiary alicyclic amines) is 1. The third kappa shape index (κ3) is 4.39. The Balaban J connectivity index is 1.29. The second-order valence-electron chi connectivity index (χ2n) is 7.30. The Bertz CT molecular complexity index is 1010. The number of carbonyl (C=O) groups is 2. The van der Waals surface area contributed by atoms with Crippen LogP contribution in [0.5, 0.6) is 5.75 Å². The zero-order valence-corrected chi connectivity index (χ0v) is 16.4. The van der Waals surface area contributed by atoms with E-state index in [9.17, 15) is 9.59 Å². The van der Waals surface area contributed by atoms with Gasteiger partial charge in [0.15, 0.2) is 0 Å². The highest BCUT2D eigenvalue weighted by Crippen LogP contribution is 2.17. The van der Waals surface area contributed by atoms with Crippen molar-refractivity contribution in [2.45, 2.75) is 25.3 Å². The van der Waals surface area contributed by atoms with Crippen molar-refractivity contribution < 1.29 is 14.3 Å². The highest BCUT2D eigenvalue weighted by atomic mass is 16.5. The third-order valence-electron chi connectivity index (χ3n) is 5.29. The van der Waals surface area contributed by atoms with Gasteiger partial charge < -0.3 is 15.0 Å². The molecule has 0 bridgehead atoms. The Morgan fingerprint density at radius 3 is 2.83 bits per heavy atom. The molecular formula is C22H24N4O3. The van der Waals surface area contributed by atoms with Crippen molar-refractivity contribution in [3.63, 3.8) is 0 Å². The predicted molar refractivity (Wildman–Crippen MR) is 110 cm³/mol. The molecule has 1 aliphatic heterocycles. The molecule has 1 unspecified atom stereocenters. The molecule has 2 N–H and O–H groups in total. The van der Waals surface area contributed by atoms with Crippen LogP contribution in [0.4, 0.5) is 0 Å². The van der Waals surface area contributed by atoms with Gasteiger partial charge >= 0.3 is 0 Å². The van der Waals surface area contributed by atoms with Crippen molar-refractivity contribution in [2.24, 2.45) is 0 Å². The van der Waals surface area contributed by atoms with E-state index in [-0.39, 0.29) is 24.3 Å². The molecule has 4 rings (SSSR count). The minimum absolute atomic E-state index is 0.0794. The first-order valence-corrected chi connectivity index (χ1v) is 9.74. The highest BCUT2D eigenvalue weighted by Gasteiger charge is 2.30. The van der Waals surface area contributed by atoms with E-state index >= 15 is 0 Å². The van der Waals surface area contributed by atoms with Gasteiger partial charge in [0, 0.05) is 24.9 Å². The number of fused-ring (bicyclic) bond motifs is 1. The first-order valence-electron chi connectivity index (χ1n) is 9.74. The molecule has 0 radical (unpaired) electrons. The summed E-state index contributed by atoms with van der Waals surface area (Å²) in [5.74, 6) is 0.795. The van der Waals surface area contributed by atoms with Crippen LogP contribution in [-0.2, 0) is 22.4 Å². The SMILES string of the molecule is COc1ccc(CCN2CC(NC(=O)Cc3[nH]nc4ccccc34)CC2=O)cc1. The van der Waals surface area contributed by atoms with E-state index in [1.165, 1.54) is 0 Å². The molecule has 7 nitrogen and oxygen atoms in total. The zero-order valence-electron chi connectivity index (χ0n) is 16.4. The van der Waals surface area contributed by atoms with E-state index < -0.39 is 0 Å². The standard InChI is InChI=1S/C22H24N4O3/c1-29-17-8-6-15(7-9-17)10-11-26-14-16(12-22(26)28)23-21(27)13-20-18-4-2-3-5-19(18)24-25-20/h2-9,16H,10-14H2,1H3,(H,23,27)(H,24,25). The number of hydrogen-bond donors (Lipinski definition) is 2. The molecule has 1 atom stereocenters. The monoisotopic (exact) mass is 392 g/mol. The van der Waals surface area contributed by atoms with Crippen molar-refractivity contribution in [1.82, 2.24) is 20.4 Å². The van der Waals surface area contributed by atoms with Crippen LogP contribution >= 0.6 is 0 Å². The molecule has 1 aliphatic rings. The van der Waals surface area contributed by atoms with Crippen LogP contribution in [0.15, 0.2) is 48.5 Å². The van der Waals surface area contributed by atoms with Crippen LogP contribution in [0.2, 0.25) is 0 Å². The number of para-hydroxylation sites is 1. The van der Waals surface area contributed by atoms with Crippen LogP contribution in [0, 0.1) is 0 Å². The second-order valence-corrected chi connectivity index (χ2v) is 7.30. The first-order chi connectivity index (χ1) is 14.1. The summed E-state index contributed by atoms with van der Waals surface area (Å²) in [6.07, 6.45) is 1.34. The smallest absolute Gasteiger partial charge is 0.226 e. The molecular weight excluding hydrogens is 368 g/mol. The van der Waals surface area contributed by atoms with Crippen LogP contribution < -0.4 is 10.1 Å². The lowest BCUT2D eigenvalue weighted by Crippen LogP contribution is -2.38. The van der Waals surface area contributed by atoms with Gasteiger partial charge in [0.25, 0.3) is 0 Å². The average Bonchev–Trinajstić information content (AvgIpc) is 3.29. The van der Waals surface area contributed by atoms with Gasteiger partial charge in [-0.05, 0) is 30.2 Å². The van der Waals surface area contributed by atoms with Crippen molar-refractivity contribution >= 4 is 22.7 Å². The molecule has 2 aromatic carbocycles. The molecule has 0 saturated carbocycles. The summed E-state index contributed by atoms with van der Waals surface area (Å²) in [5, 5.41) is 11.1. The van der Waals surface area contributed by atoms with Crippen LogP contribution in [0.1, 0.15) is 17.7 Å². The number of carbonyl (C=O) groups excluding carboxylic acids is 2. The molecule has 150 valence electrons. The van der Waals surface area contributed by atoms with Crippen LogP contribution in [-0.4, -0.2) is 53.2 Å². The third-order valence-corrected chi connectivity index (χ3v) is 5.29. The molecule has 7 heteroatoms. The summed E-state index contributed by atoms with van der Waals surface area (Å²) in [6.45, 7) is 1.19. The zero-order chi connectivity index (χ0) is 20.2. The maximum atomic E-state index is 12.5. The van der Waals surface area contributed by atoms with Crippen molar-refractivity contribution in [3.8, 4) is 5.75 Å². The molecule has 29 heavy (non-hydrogen) atoms. The van der Waals surface area contributed by atoms with E-state index in [1.54, 1.807) is 7.11 Å². The van der Waals surface area contributed by atoms with Crippen molar-refractivity contribution in [1.29, 1.82) is 0 Å². The number of rotatable bonds is 7. The van der Waals surface area contributed by atoms with Crippen molar-refractivity contribution in [2.75, 3.05) is 20.2 Å². The van der Waals surface area contributed by atoms with E-state index in [1.807, 2.05) is 53.4 Å². The minimum Gasteiger partial charge on any atom is -0.497 e. The Hall–Kier alpha value is -3.35. The van der Waals surface area contributed by atoms with E-state index in [2.05, 4.69) is 15.5 Å². The quantitative estimate of drug-likeness (QED) is 0.644. The summed E-state index contributed by atoms with van der Waals surface area (Å²) in [6, 6.07) is 15.4. The van der Waals surface area contributed by atoms with Gasteiger partial charge in [-0.25, -0.2) is 0 Å². The number of methoxy groups -OCH3 is 1. The normalized spacial score (nSPS) is 16.4. The molecule has 0 aliphatic carbocycles. The summed E-state index contributed by atoms with van der Waals surface area (Å²) in [7, 11) is 1.64. The van der Waals surface area contributed by atoms with E-state index in [0.717, 1.165) is 34.3 Å². The topological polar surface area (TPSA) is 87.3 Å². The fourth-order valence-corrected chi connectivity index (χ4v) is 3.73.